The Morgan fingerprint density at radius 3 is 2.78 bits per heavy atom. The molecule has 1 aliphatic rings. The molecule has 0 saturated carbocycles. The normalized spacial score (nSPS) is 17.1. The third kappa shape index (κ3) is 4.20. The highest BCUT2D eigenvalue weighted by molar-refractivity contribution is 8.00. The van der Waals surface area contributed by atoms with Crippen molar-refractivity contribution >= 4 is 23.3 Å². The first kappa shape index (κ1) is 18.5. The first-order valence-electron chi connectivity index (χ1n) is 8.92. The van der Waals surface area contributed by atoms with Gasteiger partial charge in [0.25, 0.3) is 0 Å². The van der Waals surface area contributed by atoms with Crippen LogP contribution in [0.3, 0.4) is 0 Å². The molecular weight excluding hydrogens is 385 g/mol. The number of ether oxygens (including phenoxy) is 1. The SMILES string of the molecule is CC(C)c1nsc(Sc2nnc(-c3ccc(F)cc3)n2CC2CCCO2)n1. The molecule has 0 amide bonds. The lowest BCUT2D eigenvalue weighted by molar-refractivity contribution is 0.0953. The minimum absolute atomic E-state index is 0.139. The number of hydrogen-bond donors (Lipinski definition) is 0. The molecule has 1 aromatic carbocycles. The predicted octanol–water partition coefficient (Wildman–Crippen LogP) is 4.39. The largest absolute Gasteiger partial charge is 0.376 e. The maximum Gasteiger partial charge on any atom is 0.198 e. The molecule has 0 N–H and O–H groups in total. The molecule has 1 saturated heterocycles. The van der Waals surface area contributed by atoms with E-state index in [1.165, 1.54) is 35.4 Å². The molecule has 142 valence electrons. The molecule has 0 radical (unpaired) electrons. The van der Waals surface area contributed by atoms with Gasteiger partial charge in [-0.15, -0.1) is 10.2 Å². The minimum Gasteiger partial charge on any atom is -0.376 e. The molecule has 3 aromatic rings. The summed E-state index contributed by atoms with van der Waals surface area (Å²) >= 11 is 2.83. The molecule has 1 unspecified atom stereocenters. The van der Waals surface area contributed by atoms with E-state index in [1.54, 1.807) is 12.1 Å². The summed E-state index contributed by atoms with van der Waals surface area (Å²) in [5.41, 5.74) is 0.828. The smallest absolute Gasteiger partial charge is 0.198 e. The Morgan fingerprint density at radius 1 is 1.30 bits per heavy atom. The molecule has 1 aliphatic heterocycles. The van der Waals surface area contributed by atoms with E-state index in [1.807, 2.05) is 4.57 Å². The molecule has 6 nitrogen and oxygen atoms in total. The van der Waals surface area contributed by atoms with Gasteiger partial charge in [-0.05, 0) is 60.4 Å². The summed E-state index contributed by atoms with van der Waals surface area (Å²) in [5, 5.41) is 9.49. The molecule has 1 fully saturated rings. The molecule has 0 aliphatic carbocycles. The average Bonchev–Trinajstić information content (AvgIpc) is 3.39. The lowest BCUT2D eigenvalue weighted by atomic mass is 10.2. The Bertz CT molecular complexity index is 903. The second kappa shape index (κ2) is 8.04. The van der Waals surface area contributed by atoms with E-state index in [4.69, 9.17) is 4.74 Å². The van der Waals surface area contributed by atoms with Crippen LogP contribution in [0.15, 0.2) is 33.8 Å². The van der Waals surface area contributed by atoms with Crippen molar-refractivity contribution in [2.24, 2.45) is 0 Å². The van der Waals surface area contributed by atoms with E-state index in [0.29, 0.717) is 12.4 Å². The van der Waals surface area contributed by atoms with Gasteiger partial charge in [-0.25, -0.2) is 9.37 Å². The van der Waals surface area contributed by atoms with Gasteiger partial charge in [-0.3, -0.25) is 4.57 Å². The van der Waals surface area contributed by atoms with Crippen molar-refractivity contribution in [1.29, 1.82) is 0 Å². The number of halogens is 1. The zero-order valence-electron chi connectivity index (χ0n) is 15.1. The number of hydrogen-bond acceptors (Lipinski definition) is 7. The van der Waals surface area contributed by atoms with Gasteiger partial charge in [-0.2, -0.15) is 4.37 Å². The predicted molar refractivity (Wildman–Crippen MR) is 103 cm³/mol. The van der Waals surface area contributed by atoms with Crippen LogP contribution >= 0.6 is 23.3 Å². The summed E-state index contributed by atoms with van der Waals surface area (Å²) in [6.45, 7) is 5.60. The second-order valence-corrected chi connectivity index (χ2v) is 8.70. The average molecular weight is 406 g/mol. The topological polar surface area (TPSA) is 65.7 Å². The molecule has 3 heterocycles. The fourth-order valence-corrected chi connectivity index (χ4v) is 4.60. The van der Waals surface area contributed by atoms with Crippen LogP contribution in [0.5, 0.6) is 0 Å². The number of rotatable bonds is 6. The van der Waals surface area contributed by atoms with Crippen molar-refractivity contribution in [2.45, 2.75) is 54.8 Å². The Morgan fingerprint density at radius 2 is 2.11 bits per heavy atom. The molecule has 4 rings (SSSR count). The lowest BCUT2D eigenvalue weighted by Gasteiger charge is -2.14. The van der Waals surface area contributed by atoms with Crippen LogP contribution in [0.4, 0.5) is 4.39 Å². The maximum atomic E-state index is 13.3. The third-order valence-electron chi connectivity index (χ3n) is 4.35. The van der Waals surface area contributed by atoms with Crippen LogP contribution in [-0.4, -0.2) is 36.8 Å². The van der Waals surface area contributed by atoms with Crippen LogP contribution in [0.25, 0.3) is 11.4 Å². The summed E-state index contributed by atoms with van der Waals surface area (Å²) in [6.07, 6.45) is 2.22. The molecule has 27 heavy (non-hydrogen) atoms. The molecule has 2 aromatic heterocycles. The zero-order chi connectivity index (χ0) is 18.8. The van der Waals surface area contributed by atoms with Crippen molar-refractivity contribution < 1.29 is 9.13 Å². The summed E-state index contributed by atoms with van der Waals surface area (Å²) < 4.78 is 26.4. The zero-order valence-corrected chi connectivity index (χ0v) is 16.8. The Labute approximate surface area is 165 Å². The van der Waals surface area contributed by atoms with Crippen LogP contribution in [0.2, 0.25) is 0 Å². The standard InChI is InChI=1S/C18H20FN5OS2/c1-11(2)15-20-18(27-23-15)26-17-22-21-16(12-5-7-13(19)8-6-12)24(17)10-14-4-3-9-25-14/h5-8,11,14H,3-4,9-10H2,1-2H3. The van der Waals surface area contributed by atoms with Crippen molar-refractivity contribution in [2.75, 3.05) is 6.61 Å². The van der Waals surface area contributed by atoms with Gasteiger partial charge in [0.05, 0.1) is 12.6 Å². The van der Waals surface area contributed by atoms with Gasteiger partial charge >= 0.3 is 0 Å². The number of benzene rings is 1. The van der Waals surface area contributed by atoms with Gasteiger partial charge in [0, 0.05) is 18.1 Å². The van der Waals surface area contributed by atoms with Crippen molar-refractivity contribution in [3.05, 3.63) is 35.9 Å². The van der Waals surface area contributed by atoms with Crippen molar-refractivity contribution in [3.63, 3.8) is 0 Å². The van der Waals surface area contributed by atoms with Crippen LogP contribution in [0.1, 0.15) is 38.4 Å². The van der Waals surface area contributed by atoms with Crippen molar-refractivity contribution in [1.82, 2.24) is 24.1 Å². The highest BCUT2D eigenvalue weighted by atomic mass is 32.2. The summed E-state index contributed by atoms with van der Waals surface area (Å²) in [4.78, 5) is 4.58. The van der Waals surface area contributed by atoms with Gasteiger partial charge in [0.2, 0.25) is 0 Å². The van der Waals surface area contributed by atoms with Crippen LogP contribution in [0, 0.1) is 5.82 Å². The first-order chi connectivity index (χ1) is 13.1. The molecule has 9 heteroatoms. The highest BCUT2D eigenvalue weighted by Gasteiger charge is 2.23. The maximum absolute atomic E-state index is 13.3. The van der Waals surface area contributed by atoms with Crippen molar-refractivity contribution in [3.8, 4) is 11.4 Å². The summed E-state index contributed by atoms with van der Waals surface area (Å²) in [7, 11) is 0. The van der Waals surface area contributed by atoms with Gasteiger partial charge in [-0.1, -0.05) is 13.8 Å². The fourth-order valence-electron chi connectivity index (χ4n) is 2.91. The number of nitrogens with zero attached hydrogens (tertiary/aromatic N) is 5. The Balaban J connectivity index is 1.66. The van der Waals surface area contributed by atoms with Crippen LogP contribution in [-0.2, 0) is 11.3 Å². The highest BCUT2D eigenvalue weighted by Crippen LogP contribution is 2.32. The second-order valence-electron chi connectivity index (χ2n) is 6.73. The molecule has 0 bridgehead atoms. The monoisotopic (exact) mass is 405 g/mol. The minimum atomic E-state index is -0.270. The molecule has 1 atom stereocenters. The van der Waals surface area contributed by atoms with E-state index in [0.717, 1.165) is 40.3 Å². The van der Waals surface area contributed by atoms with E-state index in [2.05, 4.69) is 33.4 Å². The first-order valence-corrected chi connectivity index (χ1v) is 10.5. The fraction of sp³-hybridized carbons (Fsp3) is 0.444. The summed E-state index contributed by atoms with van der Waals surface area (Å²) in [5.74, 6) is 1.57. The van der Waals surface area contributed by atoms with E-state index >= 15 is 0 Å². The van der Waals surface area contributed by atoms with Crippen LogP contribution < -0.4 is 0 Å². The molecule has 0 spiro atoms. The van der Waals surface area contributed by atoms with Gasteiger partial charge < -0.3 is 4.74 Å². The lowest BCUT2D eigenvalue weighted by Crippen LogP contribution is -2.16. The number of aromatic nitrogens is 5. The third-order valence-corrected chi connectivity index (χ3v) is 6.10. The van der Waals surface area contributed by atoms with Gasteiger partial charge in [0.1, 0.15) is 11.6 Å². The van der Waals surface area contributed by atoms with E-state index < -0.39 is 0 Å². The van der Waals surface area contributed by atoms with E-state index in [-0.39, 0.29) is 17.8 Å². The Kier molecular flexibility index (Phi) is 5.51. The summed E-state index contributed by atoms with van der Waals surface area (Å²) in [6, 6.07) is 6.32. The molecular formula is C18H20FN5OS2. The van der Waals surface area contributed by atoms with E-state index in [9.17, 15) is 4.39 Å². The quantitative estimate of drug-likeness (QED) is 0.606. The van der Waals surface area contributed by atoms with Gasteiger partial charge in [0.15, 0.2) is 15.3 Å². The Hall–Kier alpha value is -1.84.